The van der Waals surface area contributed by atoms with Gasteiger partial charge in [-0.25, -0.2) is 9.55 Å². The summed E-state index contributed by atoms with van der Waals surface area (Å²) in [5.41, 5.74) is 5.66. The fourth-order valence-electron chi connectivity index (χ4n) is 2.96. The molecule has 4 rings (SSSR count). The molecule has 4 atom stereocenters. The van der Waals surface area contributed by atoms with Gasteiger partial charge in [-0.05, 0) is 13.8 Å². The van der Waals surface area contributed by atoms with Gasteiger partial charge in [-0.15, -0.1) is 0 Å². The number of nitrogens with zero attached hydrogens (tertiary/aromatic N) is 3. The Bertz CT molecular complexity index is 910. The summed E-state index contributed by atoms with van der Waals surface area (Å²) in [5, 5.41) is 0. The molecule has 2 aromatic heterocycles. The van der Waals surface area contributed by atoms with Gasteiger partial charge in [0.05, 0.1) is 19.0 Å². The van der Waals surface area contributed by atoms with Crippen molar-refractivity contribution in [2.45, 2.75) is 44.8 Å². The van der Waals surface area contributed by atoms with Crippen LogP contribution in [0, 0.1) is 0 Å². The van der Waals surface area contributed by atoms with Crippen molar-refractivity contribution < 1.29 is 22.9 Å². The molecule has 0 amide bonds. The molecular formula is C13H18N5O6P. The summed E-state index contributed by atoms with van der Waals surface area (Å²) in [6, 6.07) is 0. The Labute approximate surface area is 142 Å². The Balaban J connectivity index is 1.59. The minimum Gasteiger partial charge on any atom is -0.369 e. The predicted octanol–water partition coefficient (Wildman–Crippen LogP) is 0.938. The largest absolute Gasteiger partial charge is 0.475 e. The summed E-state index contributed by atoms with van der Waals surface area (Å²) in [7, 11) is -3.60. The Hall–Kier alpha value is -1.78. The van der Waals surface area contributed by atoms with E-state index in [0.29, 0.717) is 12.1 Å². The van der Waals surface area contributed by atoms with E-state index in [0.717, 1.165) is 0 Å². The highest BCUT2D eigenvalue weighted by molar-refractivity contribution is 7.48. The SMILES string of the molecule is CC(C)OP1(=O)OCC2OC(n3cnc4c(=O)[nH]c(N)nc43)C[C@@H]2O1. The highest BCUT2D eigenvalue weighted by Gasteiger charge is 2.48. The van der Waals surface area contributed by atoms with Gasteiger partial charge in [0.1, 0.15) is 18.4 Å². The number of hydrogen-bond donors (Lipinski definition) is 2. The maximum atomic E-state index is 12.5. The zero-order chi connectivity index (χ0) is 17.8. The highest BCUT2D eigenvalue weighted by Crippen LogP contribution is 2.57. The van der Waals surface area contributed by atoms with Crippen molar-refractivity contribution in [1.29, 1.82) is 0 Å². The van der Waals surface area contributed by atoms with Gasteiger partial charge in [0.15, 0.2) is 11.2 Å². The van der Waals surface area contributed by atoms with Crippen molar-refractivity contribution in [3.63, 3.8) is 0 Å². The first-order valence-corrected chi connectivity index (χ1v) is 9.30. The van der Waals surface area contributed by atoms with Gasteiger partial charge in [-0.2, -0.15) is 4.98 Å². The van der Waals surface area contributed by atoms with E-state index in [1.54, 1.807) is 18.4 Å². The van der Waals surface area contributed by atoms with Crippen LogP contribution in [0.5, 0.6) is 0 Å². The zero-order valence-electron chi connectivity index (χ0n) is 13.6. The molecule has 2 aliphatic rings. The second-order valence-electron chi connectivity index (χ2n) is 6.18. The molecule has 0 bridgehead atoms. The normalized spacial score (nSPS) is 32.4. The molecule has 0 aromatic carbocycles. The topological polar surface area (TPSA) is 144 Å². The van der Waals surface area contributed by atoms with Crippen LogP contribution < -0.4 is 11.3 Å². The molecule has 2 fully saturated rings. The molecule has 2 aromatic rings. The van der Waals surface area contributed by atoms with E-state index < -0.39 is 31.8 Å². The van der Waals surface area contributed by atoms with Crippen molar-refractivity contribution >= 4 is 24.9 Å². The smallest absolute Gasteiger partial charge is 0.369 e. The number of fused-ring (bicyclic) bond motifs is 2. The molecule has 2 aliphatic heterocycles. The standard InChI is InChI=1S/C13H18N5O6P/c1-6(2)23-25(20)21-4-8-7(24-25)3-9(22-8)18-5-15-10-11(18)16-13(14)17-12(10)19/h5-9H,3-4H2,1-2H3,(H3,14,16,17,19)/t7-,8?,9?,25?/m0/s1. The molecule has 0 aliphatic carbocycles. The first kappa shape index (κ1) is 16.7. The van der Waals surface area contributed by atoms with Gasteiger partial charge in [0.25, 0.3) is 5.56 Å². The van der Waals surface area contributed by atoms with E-state index in [1.165, 1.54) is 6.33 Å². The summed E-state index contributed by atoms with van der Waals surface area (Å²) in [5.74, 6) is -0.0101. The van der Waals surface area contributed by atoms with Crippen molar-refractivity contribution in [1.82, 2.24) is 19.5 Å². The molecule has 0 spiro atoms. The quantitative estimate of drug-likeness (QED) is 0.753. The second-order valence-corrected chi connectivity index (χ2v) is 7.76. The number of phosphoric acid groups is 1. The summed E-state index contributed by atoms with van der Waals surface area (Å²) >= 11 is 0. The lowest BCUT2D eigenvalue weighted by molar-refractivity contribution is -0.0733. The fourth-order valence-corrected chi connectivity index (χ4v) is 4.53. The first-order valence-electron chi connectivity index (χ1n) is 7.84. The number of nitrogens with one attached hydrogen (secondary N) is 1. The maximum absolute atomic E-state index is 12.5. The van der Waals surface area contributed by atoms with E-state index in [2.05, 4.69) is 15.0 Å². The number of nitrogen functional groups attached to an aromatic ring is 1. The van der Waals surface area contributed by atoms with Gasteiger partial charge in [0, 0.05) is 6.42 Å². The molecule has 2 saturated heterocycles. The minimum absolute atomic E-state index is 0.0101. The summed E-state index contributed by atoms with van der Waals surface area (Å²) in [6.45, 7) is 3.59. The van der Waals surface area contributed by atoms with E-state index in [-0.39, 0.29) is 24.2 Å². The van der Waals surface area contributed by atoms with E-state index in [1.807, 2.05) is 0 Å². The number of aromatic nitrogens is 4. The molecule has 25 heavy (non-hydrogen) atoms. The molecule has 0 radical (unpaired) electrons. The maximum Gasteiger partial charge on any atom is 0.475 e. The Morgan fingerprint density at radius 2 is 2.28 bits per heavy atom. The van der Waals surface area contributed by atoms with Crippen LogP contribution in [0.25, 0.3) is 11.2 Å². The summed E-state index contributed by atoms with van der Waals surface area (Å²) in [4.78, 5) is 22.4. The van der Waals surface area contributed by atoms with Gasteiger partial charge in [-0.1, -0.05) is 0 Å². The summed E-state index contributed by atoms with van der Waals surface area (Å²) < 4.78 is 36.0. The molecule has 3 unspecified atom stereocenters. The molecule has 11 nitrogen and oxygen atoms in total. The van der Waals surface area contributed by atoms with Gasteiger partial charge in [-0.3, -0.25) is 27.9 Å². The van der Waals surface area contributed by atoms with Crippen molar-refractivity contribution in [3.05, 3.63) is 16.7 Å². The average Bonchev–Trinajstić information content (AvgIpc) is 3.08. The highest BCUT2D eigenvalue weighted by atomic mass is 31.2. The van der Waals surface area contributed by atoms with Crippen LogP contribution in [-0.2, 0) is 22.9 Å². The third kappa shape index (κ3) is 2.98. The van der Waals surface area contributed by atoms with Gasteiger partial charge in [0.2, 0.25) is 5.95 Å². The Morgan fingerprint density at radius 1 is 1.48 bits per heavy atom. The van der Waals surface area contributed by atoms with Crippen LogP contribution in [0.15, 0.2) is 11.1 Å². The molecule has 12 heteroatoms. The van der Waals surface area contributed by atoms with Crippen LogP contribution in [0.2, 0.25) is 0 Å². The lowest BCUT2D eigenvalue weighted by Gasteiger charge is -2.30. The van der Waals surface area contributed by atoms with Crippen LogP contribution in [-0.4, -0.2) is 44.4 Å². The zero-order valence-corrected chi connectivity index (χ0v) is 14.5. The number of imidazole rings is 1. The monoisotopic (exact) mass is 371 g/mol. The van der Waals surface area contributed by atoms with E-state index in [4.69, 9.17) is 24.0 Å². The third-order valence-electron chi connectivity index (χ3n) is 3.94. The Morgan fingerprint density at radius 3 is 3.04 bits per heavy atom. The van der Waals surface area contributed by atoms with Gasteiger partial charge < -0.3 is 10.5 Å². The van der Waals surface area contributed by atoms with Gasteiger partial charge >= 0.3 is 7.82 Å². The lowest BCUT2D eigenvalue weighted by Crippen LogP contribution is -2.33. The fraction of sp³-hybridized carbons (Fsp3) is 0.615. The second kappa shape index (κ2) is 5.89. The van der Waals surface area contributed by atoms with Crippen molar-refractivity contribution in [3.8, 4) is 0 Å². The van der Waals surface area contributed by atoms with E-state index >= 15 is 0 Å². The number of aromatic amines is 1. The number of H-pyrrole nitrogens is 1. The molecular weight excluding hydrogens is 353 g/mol. The first-order chi connectivity index (χ1) is 11.8. The van der Waals surface area contributed by atoms with E-state index in [9.17, 15) is 9.36 Å². The summed E-state index contributed by atoms with van der Waals surface area (Å²) in [6.07, 6.45) is 0.193. The predicted molar refractivity (Wildman–Crippen MR) is 85.7 cm³/mol. The van der Waals surface area contributed by atoms with Crippen molar-refractivity contribution in [2.24, 2.45) is 0 Å². The third-order valence-corrected chi connectivity index (χ3v) is 5.62. The average molecular weight is 371 g/mol. The van der Waals surface area contributed by atoms with Crippen LogP contribution in [0.1, 0.15) is 26.5 Å². The molecule has 3 N–H and O–H groups in total. The van der Waals surface area contributed by atoms with Crippen LogP contribution >= 0.6 is 7.82 Å². The van der Waals surface area contributed by atoms with Crippen LogP contribution in [0.4, 0.5) is 5.95 Å². The molecule has 0 saturated carbocycles. The van der Waals surface area contributed by atoms with Crippen molar-refractivity contribution in [2.75, 3.05) is 12.3 Å². The Kier molecular flexibility index (Phi) is 3.93. The number of phosphoric ester groups is 1. The minimum atomic E-state index is -3.60. The molecule has 136 valence electrons. The lowest BCUT2D eigenvalue weighted by atomic mass is 10.2. The molecule has 4 heterocycles. The number of rotatable bonds is 3. The number of hydrogen-bond acceptors (Lipinski definition) is 9. The number of anilines is 1. The van der Waals surface area contributed by atoms with Crippen LogP contribution in [0.3, 0.4) is 0 Å². The number of ether oxygens (including phenoxy) is 1. The number of nitrogens with two attached hydrogens (primary N) is 1.